The van der Waals surface area contributed by atoms with E-state index in [9.17, 15) is 9.59 Å². The number of H-pyrrole nitrogens is 1. The number of carbonyl (C=O) groups excluding carboxylic acids is 2. The smallest absolute Gasteiger partial charge is 0.256 e. The van der Waals surface area contributed by atoms with Crippen molar-refractivity contribution in [1.82, 2.24) is 34.8 Å². The Balaban J connectivity index is 1.18. The van der Waals surface area contributed by atoms with Gasteiger partial charge in [0.2, 0.25) is 5.91 Å². The first kappa shape index (κ1) is 22.7. The minimum absolute atomic E-state index is 0.0774. The number of rotatable bonds is 6. The number of aryl methyl sites for hydroxylation is 2. The molecule has 0 spiro atoms. The Hall–Kier alpha value is -3.75. The molecule has 1 unspecified atom stereocenters. The molecule has 2 N–H and O–H groups in total. The maximum Gasteiger partial charge on any atom is 0.256 e. The molecule has 0 radical (unpaired) electrons. The number of imidazole rings is 1. The van der Waals surface area contributed by atoms with Gasteiger partial charge >= 0.3 is 0 Å². The van der Waals surface area contributed by atoms with Crippen LogP contribution < -0.4 is 5.32 Å². The van der Waals surface area contributed by atoms with Crippen molar-refractivity contribution in [2.24, 2.45) is 0 Å². The van der Waals surface area contributed by atoms with E-state index in [1.54, 1.807) is 16.9 Å². The standard InChI is InChI=1S/C27H31N7O2/c1-17-30-21-10-8-18(15-22(21)31-17)9-11-25(35)33-14-4-7-23(33)24-12-13-28-26-20(16-29-34(24)26)27(36)32-19-5-2-3-6-19/h8,10,12-13,15-16,19,23H,2-7,9,11,14H2,1H3,(H,30,31)(H,32,36). The molecule has 4 aromatic rings. The fraction of sp³-hybridized carbons (Fsp3) is 0.444. The van der Waals surface area contributed by atoms with E-state index in [2.05, 4.69) is 31.4 Å². The third-order valence-electron chi connectivity index (χ3n) is 7.57. The van der Waals surface area contributed by atoms with Crippen LogP contribution in [-0.4, -0.2) is 53.9 Å². The highest BCUT2D eigenvalue weighted by Gasteiger charge is 2.32. The summed E-state index contributed by atoms with van der Waals surface area (Å²) in [6, 6.07) is 8.21. The summed E-state index contributed by atoms with van der Waals surface area (Å²) in [5.41, 5.74) is 5.00. The number of likely N-dealkylation sites (tertiary alicyclic amines) is 1. The Morgan fingerprint density at radius 1 is 1.14 bits per heavy atom. The molecule has 3 aromatic heterocycles. The van der Waals surface area contributed by atoms with E-state index in [1.807, 2.05) is 30.0 Å². The van der Waals surface area contributed by atoms with E-state index >= 15 is 0 Å². The second kappa shape index (κ2) is 9.37. The number of nitrogens with one attached hydrogen (secondary N) is 2. The molecule has 9 nitrogen and oxygen atoms in total. The molecule has 9 heteroatoms. The molecular weight excluding hydrogens is 454 g/mol. The van der Waals surface area contributed by atoms with E-state index in [4.69, 9.17) is 0 Å². The van der Waals surface area contributed by atoms with Crippen molar-refractivity contribution in [3.05, 3.63) is 59.3 Å². The molecule has 36 heavy (non-hydrogen) atoms. The lowest BCUT2D eigenvalue weighted by Gasteiger charge is -2.25. The van der Waals surface area contributed by atoms with Crippen molar-refractivity contribution in [2.45, 2.75) is 70.4 Å². The molecule has 4 heterocycles. The van der Waals surface area contributed by atoms with Gasteiger partial charge < -0.3 is 15.2 Å². The molecule has 186 valence electrons. The monoisotopic (exact) mass is 485 g/mol. The van der Waals surface area contributed by atoms with Crippen LogP contribution in [0.5, 0.6) is 0 Å². The number of amides is 2. The quantitative estimate of drug-likeness (QED) is 0.431. The fourth-order valence-corrected chi connectivity index (χ4v) is 5.76. The van der Waals surface area contributed by atoms with Gasteiger partial charge in [0.25, 0.3) is 5.91 Å². The van der Waals surface area contributed by atoms with Crippen LogP contribution in [-0.2, 0) is 11.2 Å². The second-order valence-electron chi connectivity index (χ2n) is 10.0. The third-order valence-corrected chi connectivity index (χ3v) is 7.57. The molecule has 2 fully saturated rings. The number of hydrogen-bond acceptors (Lipinski definition) is 5. The molecule has 1 saturated carbocycles. The summed E-state index contributed by atoms with van der Waals surface area (Å²) in [7, 11) is 0. The van der Waals surface area contributed by atoms with Crippen LogP contribution in [0.15, 0.2) is 36.7 Å². The maximum absolute atomic E-state index is 13.3. The summed E-state index contributed by atoms with van der Waals surface area (Å²) in [6.07, 6.45) is 10.6. The van der Waals surface area contributed by atoms with Crippen molar-refractivity contribution < 1.29 is 9.59 Å². The lowest BCUT2D eigenvalue weighted by molar-refractivity contribution is -0.132. The van der Waals surface area contributed by atoms with Gasteiger partial charge in [0.05, 0.1) is 29.0 Å². The summed E-state index contributed by atoms with van der Waals surface area (Å²) >= 11 is 0. The Morgan fingerprint density at radius 2 is 2.00 bits per heavy atom. The molecule has 1 aliphatic heterocycles. The predicted molar refractivity (Wildman–Crippen MR) is 136 cm³/mol. The minimum Gasteiger partial charge on any atom is -0.349 e. The Morgan fingerprint density at radius 3 is 2.86 bits per heavy atom. The molecule has 1 aliphatic carbocycles. The summed E-state index contributed by atoms with van der Waals surface area (Å²) in [5.74, 6) is 0.902. The first-order chi connectivity index (χ1) is 17.6. The highest BCUT2D eigenvalue weighted by atomic mass is 16.2. The number of aromatic amines is 1. The van der Waals surface area contributed by atoms with E-state index in [-0.39, 0.29) is 23.9 Å². The summed E-state index contributed by atoms with van der Waals surface area (Å²) < 4.78 is 1.74. The van der Waals surface area contributed by atoms with Gasteiger partial charge in [-0.3, -0.25) is 9.59 Å². The summed E-state index contributed by atoms with van der Waals surface area (Å²) in [5, 5.41) is 7.65. The average molecular weight is 486 g/mol. The van der Waals surface area contributed by atoms with Gasteiger partial charge in [-0.2, -0.15) is 5.10 Å². The van der Waals surface area contributed by atoms with Crippen LogP contribution in [0.2, 0.25) is 0 Å². The maximum atomic E-state index is 13.3. The number of aromatic nitrogens is 5. The molecule has 1 aromatic carbocycles. The lowest BCUT2D eigenvalue weighted by atomic mass is 10.1. The zero-order valence-corrected chi connectivity index (χ0v) is 20.5. The van der Waals surface area contributed by atoms with E-state index in [0.717, 1.165) is 73.2 Å². The molecule has 1 atom stereocenters. The number of hydrogen-bond donors (Lipinski definition) is 2. The van der Waals surface area contributed by atoms with Gasteiger partial charge in [0, 0.05) is 25.2 Å². The molecule has 2 aliphatic rings. The first-order valence-electron chi connectivity index (χ1n) is 12.9. The average Bonchev–Trinajstić information content (AvgIpc) is 3.67. The summed E-state index contributed by atoms with van der Waals surface area (Å²) in [6.45, 7) is 2.67. The zero-order valence-electron chi connectivity index (χ0n) is 20.5. The third kappa shape index (κ3) is 4.23. The molecule has 6 rings (SSSR count). The van der Waals surface area contributed by atoms with Crippen LogP contribution in [0.4, 0.5) is 0 Å². The first-order valence-corrected chi connectivity index (χ1v) is 12.9. The van der Waals surface area contributed by atoms with Gasteiger partial charge in [0.1, 0.15) is 11.4 Å². The normalized spacial score (nSPS) is 18.5. The van der Waals surface area contributed by atoms with E-state index < -0.39 is 0 Å². The van der Waals surface area contributed by atoms with Crippen molar-refractivity contribution in [1.29, 1.82) is 0 Å². The highest BCUT2D eigenvalue weighted by molar-refractivity contribution is 5.99. The van der Waals surface area contributed by atoms with Crippen LogP contribution in [0.25, 0.3) is 16.7 Å². The number of nitrogens with zero attached hydrogens (tertiary/aromatic N) is 5. The van der Waals surface area contributed by atoms with Crippen molar-refractivity contribution >= 4 is 28.5 Å². The summed E-state index contributed by atoms with van der Waals surface area (Å²) in [4.78, 5) is 40.4. The number of fused-ring (bicyclic) bond motifs is 2. The Kier molecular flexibility index (Phi) is 5.91. The Labute approximate surface area is 209 Å². The van der Waals surface area contributed by atoms with Gasteiger partial charge in [-0.1, -0.05) is 18.9 Å². The lowest BCUT2D eigenvalue weighted by Crippen LogP contribution is -2.33. The van der Waals surface area contributed by atoms with Crippen LogP contribution in [0, 0.1) is 6.92 Å². The van der Waals surface area contributed by atoms with Crippen LogP contribution in [0.1, 0.15) is 78.4 Å². The van der Waals surface area contributed by atoms with Crippen molar-refractivity contribution in [3.63, 3.8) is 0 Å². The minimum atomic E-state index is -0.120. The van der Waals surface area contributed by atoms with E-state index in [1.165, 1.54) is 0 Å². The molecule has 2 amide bonds. The molecule has 1 saturated heterocycles. The zero-order chi connectivity index (χ0) is 24.6. The topological polar surface area (TPSA) is 108 Å². The predicted octanol–water partition coefficient (Wildman–Crippen LogP) is 3.88. The van der Waals surface area contributed by atoms with Crippen molar-refractivity contribution in [3.8, 4) is 0 Å². The van der Waals surface area contributed by atoms with Crippen LogP contribution in [0.3, 0.4) is 0 Å². The van der Waals surface area contributed by atoms with Gasteiger partial charge in [-0.05, 0) is 62.8 Å². The van der Waals surface area contributed by atoms with Crippen molar-refractivity contribution in [2.75, 3.05) is 6.54 Å². The molecular formula is C27H31N7O2. The van der Waals surface area contributed by atoms with E-state index in [0.29, 0.717) is 24.1 Å². The molecule has 0 bridgehead atoms. The van der Waals surface area contributed by atoms with Gasteiger partial charge in [-0.15, -0.1) is 0 Å². The number of benzene rings is 1. The largest absolute Gasteiger partial charge is 0.349 e. The SMILES string of the molecule is Cc1nc2ccc(CCC(=O)N3CCCC3c3ccnc4c(C(=O)NC5CCCC5)cnn34)cc2[nH]1. The van der Waals surface area contributed by atoms with Gasteiger partial charge in [-0.25, -0.2) is 14.5 Å². The Bertz CT molecular complexity index is 1430. The highest BCUT2D eigenvalue weighted by Crippen LogP contribution is 2.33. The van der Waals surface area contributed by atoms with Crippen LogP contribution >= 0.6 is 0 Å². The second-order valence-corrected chi connectivity index (χ2v) is 10.0. The fourth-order valence-electron chi connectivity index (χ4n) is 5.76. The van der Waals surface area contributed by atoms with Gasteiger partial charge in [0.15, 0.2) is 5.65 Å². The number of carbonyl (C=O) groups is 2.